The summed E-state index contributed by atoms with van der Waals surface area (Å²) in [6.07, 6.45) is -2.19. The predicted octanol–water partition coefficient (Wildman–Crippen LogP) is 2.51. The summed E-state index contributed by atoms with van der Waals surface area (Å²) in [5, 5.41) is 31.8. The van der Waals surface area contributed by atoms with E-state index in [9.17, 15) is 15.3 Å². The first-order chi connectivity index (χ1) is 14.4. The van der Waals surface area contributed by atoms with Gasteiger partial charge in [-0.2, -0.15) is 0 Å². The zero-order valence-corrected chi connectivity index (χ0v) is 17.4. The molecule has 0 amide bonds. The zero-order chi connectivity index (χ0) is 21.4. The van der Waals surface area contributed by atoms with Crippen molar-refractivity contribution >= 4 is 22.5 Å². The van der Waals surface area contributed by atoms with Gasteiger partial charge < -0.3 is 34.1 Å². The normalized spacial score (nSPS) is 24.2. The molecule has 0 saturated carbocycles. The highest BCUT2D eigenvalue weighted by Gasteiger charge is 2.39. The van der Waals surface area contributed by atoms with Gasteiger partial charge in [0.05, 0.1) is 31.4 Å². The molecular weight excluding hydrogens is 410 g/mol. The van der Waals surface area contributed by atoms with E-state index < -0.39 is 24.5 Å². The van der Waals surface area contributed by atoms with Gasteiger partial charge in [0, 0.05) is 24.1 Å². The summed E-state index contributed by atoms with van der Waals surface area (Å²) in [5.74, 6) is 1.39. The molecule has 3 N–H and O–H groups in total. The van der Waals surface area contributed by atoms with Gasteiger partial charge in [0.1, 0.15) is 29.8 Å². The molecule has 2 heterocycles. The van der Waals surface area contributed by atoms with Crippen molar-refractivity contribution < 1.29 is 29.5 Å². The van der Waals surface area contributed by atoms with Gasteiger partial charge in [0.2, 0.25) is 0 Å². The number of rotatable bonds is 5. The fourth-order valence-corrected chi connectivity index (χ4v) is 4.22. The number of methoxy groups -OCH3 is 2. The van der Waals surface area contributed by atoms with Gasteiger partial charge in [-0.25, -0.2) is 0 Å². The molecule has 0 radical (unpaired) electrons. The Morgan fingerprint density at radius 3 is 2.60 bits per heavy atom. The lowest BCUT2D eigenvalue weighted by molar-refractivity contribution is -0.209. The van der Waals surface area contributed by atoms with Gasteiger partial charge in [-0.1, -0.05) is 23.7 Å². The molecule has 160 valence electrons. The third-order valence-electron chi connectivity index (χ3n) is 5.51. The van der Waals surface area contributed by atoms with Crippen LogP contribution in [-0.2, 0) is 11.2 Å². The number of hydrogen-bond acceptors (Lipinski definition) is 6. The van der Waals surface area contributed by atoms with Crippen molar-refractivity contribution in [2.24, 2.45) is 0 Å². The van der Waals surface area contributed by atoms with Crippen LogP contribution in [0.2, 0.25) is 5.02 Å². The van der Waals surface area contributed by atoms with Crippen molar-refractivity contribution in [3.8, 4) is 11.5 Å². The quantitative estimate of drug-likeness (QED) is 0.572. The maximum atomic E-state index is 10.5. The van der Waals surface area contributed by atoms with E-state index in [1.807, 2.05) is 36.5 Å². The summed E-state index contributed by atoms with van der Waals surface area (Å²) in [5.41, 5.74) is 2.62. The summed E-state index contributed by atoms with van der Waals surface area (Å²) in [6, 6.07) is 11.1. The first-order valence-corrected chi connectivity index (χ1v) is 9.97. The van der Waals surface area contributed by atoms with E-state index in [-0.39, 0.29) is 6.61 Å². The lowest BCUT2D eigenvalue weighted by Gasteiger charge is -2.36. The van der Waals surface area contributed by atoms with Gasteiger partial charge in [0.15, 0.2) is 6.23 Å². The van der Waals surface area contributed by atoms with Crippen molar-refractivity contribution in [1.29, 1.82) is 0 Å². The van der Waals surface area contributed by atoms with E-state index in [1.54, 1.807) is 24.9 Å². The van der Waals surface area contributed by atoms with E-state index in [0.717, 1.165) is 22.0 Å². The summed E-state index contributed by atoms with van der Waals surface area (Å²) in [4.78, 5) is 0. The standard InChI is InChI=1S/C22H24ClNO6/c1-28-14-7-6-12(18(9-14)29-2)8-13-10-24(16-5-3-4-15(23)19(13)16)22-21(27)20(26)17(25)11-30-22/h3-7,9-10,17,20-22,25-27H,8,11H2,1-2H3/t17-,20+,21-,22-/m1/s1. The van der Waals surface area contributed by atoms with E-state index >= 15 is 0 Å². The minimum absolute atomic E-state index is 0.0786. The number of halogens is 1. The van der Waals surface area contributed by atoms with Crippen LogP contribution in [0, 0.1) is 0 Å². The Morgan fingerprint density at radius 1 is 1.07 bits per heavy atom. The smallest absolute Gasteiger partial charge is 0.162 e. The third kappa shape index (κ3) is 3.64. The van der Waals surface area contributed by atoms with Crippen LogP contribution in [0.25, 0.3) is 10.9 Å². The van der Waals surface area contributed by atoms with E-state index in [4.69, 9.17) is 25.8 Å². The Hall–Kier alpha value is -2.29. The minimum Gasteiger partial charge on any atom is -0.497 e. The van der Waals surface area contributed by atoms with Crippen LogP contribution in [-0.4, -0.2) is 59.0 Å². The minimum atomic E-state index is -1.30. The first-order valence-electron chi connectivity index (χ1n) is 9.59. The molecule has 3 aromatic rings. The van der Waals surface area contributed by atoms with E-state index in [2.05, 4.69) is 0 Å². The largest absolute Gasteiger partial charge is 0.497 e. The predicted molar refractivity (Wildman–Crippen MR) is 112 cm³/mol. The van der Waals surface area contributed by atoms with Crippen molar-refractivity contribution in [3.63, 3.8) is 0 Å². The van der Waals surface area contributed by atoms with Crippen molar-refractivity contribution in [2.45, 2.75) is 31.0 Å². The van der Waals surface area contributed by atoms with Crippen molar-refractivity contribution in [3.05, 3.63) is 58.7 Å². The fraction of sp³-hybridized carbons (Fsp3) is 0.364. The van der Waals surface area contributed by atoms with Gasteiger partial charge in [-0.3, -0.25) is 0 Å². The molecule has 0 bridgehead atoms. The maximum Gasteiger partial charge on any atom is 0.162 e. The lowest BCUT2D eigenvalue weighted by Crippen LogP contribution is -2.50. The number of fused-ring (bicyclic) bond motifs is 1. The average molecular weight is 434 g/mol. The highest BCUT2D eigenvalue weighted by molar-refractivity contribution is 6.35. The van der Waals surface area contributed by atoms with Crippen LogP contribution in [0.1, 0.15) is 17.4 Å². The number of aromatic nitrogens is 1. The summed E-state index contributed by atoms with van der Waals surface area (Å²) < 4.78 is 18.2. The highest BCUT2D eigenvalue weighted by Crippen LogP contribution is 2.36. The average Bonchev–Trinajstić information content (AvgIpc) is 3.12. The summed E-state index contributed by atoms with van der Waals surface area (Å²) in [7, 11) is 3.20. The van der Waals surface area contributed by atoms with Gasteiger partial charge in [-0.05, 0) is 29.3 Å². The molecule has 8 heteroatoms. The molecule has 1 fully saturated rings. The van der Waals surface area contributed by atoms with Gasteiger partial charge in [0.25, 0.3) is 0 Å². The fourth-order valence-electron chi connectivity index (χ4n) is 3.93. The molecule has 4 atom stereocenters. The summed E-state index contributed by atoms with van der Waals surface area (Å²) in [6.45, 7) is -0.0786. The molecule has 1 saturated heterocycles. The number of aliphatic hydroxyl groups excluding tert-OH is 3. The van der Waals surface area contributed by atoms with Crippen molar-refractivity contribution in [1.82, 2.24) is 4.57 Å². The number of benzene rings is 2. The van der Waals surface area contributed by atoms with Gasteiger partial charge >= 0.3 is 0 Å². The number of hydrogen-bond donors (Lipinski definition) is 3. The molecule has 4 rings (SSSR count). The molecule has 30 heavy (non-hydrogen) atoms. The molecule has 2 aromatic carbocycles. The van der Waals surface area contributed by atoms with E-state index in [1.165, 1.54) is 0 Å². The molecule has 1 aliphatic rings. The van der Waals surface area contributed by atoms with Crippen LogP contribution >= 0.6 is 11.6 Å². The SMILES string of the molecule is COc1ccc(Cc2cn([C@@H]3OC[C@@H](O)[C@H](O)[C@H]3O)c3cccc(Cl)c23)c(OC)c1. The monoisotopic (exact) mass is 433 g/mol. The number of nitrogens with zero attached hydrogens (tertiary/aromatic N) is 1. The molecule has 0 spiro atoms. The molecule has 0 unspecified atom stereocenters. The van der Waals surface area contributed by atoms with Crippen LogP contribution in [0.3, 0.4) is 0 Å². The Morgan fingerprint density at radius 2 is 1.87 bits per heavy atom. The molecular formula is C22H24ClNO6. The second kappa shape index (κ2) is 8.45. The Kier molecular flexibility index (Phi) is 5.90. The number of ether oxygens (including phenoxy) is 3. The van der Waals surface area contributed by atoms with Crippen LogP contribution in [0.4, 0.5) is 0 Å². The van der Waals surface area contributed by atoms with Crippen molar-refractivity contribution in [2.75, 3.05) is 20.8 Å². The van der Waals surface area contributed by atoms with Crippen LogP contribution in [0.5, 0.6) is 11.5 Å². The third-order valence-corrected chi connectivity index (χ3v) is 5.82. The molecule has 7 nitrogen and oxygen atoms in total. The van der Waals surface area contributed by atoms with Crippen LogP contribution < -0.4 is 9.47 Å². The first kappa shape index (κ1) is 21.0. The molecule has 1 aromatic heterocycles. The molecule has 0 aliphatic carbocycles. The second-order valence-corrected chi connectivity index (χ2v) is 7.73. The summed E-state index contributed by atoms with van der Waals surface area (Å²) >= 11 is 6.53. The van der Waals surface area contributed by atoms with E-state index in [0.29, 0.717) is 22.9 Å². The highest BCUT2D eigenvalue weighted by atomic mass is 35.5. The maximum absolute atomic E-state index is 10.5. The number of aliphatic hydroxyl groups is 3. The molecule has 1 aliphatic heterocycles. The van der Waals surface area contributed by atoms with Crippen LogP contribution in [0.15, 0.2) is 42.6 Å². The topological polar surface area (TPSA) is 93.3 Å². The van der Waals surface area contributed by atoms with Gasteiger partial charge in [-0.15, -0.1) is 0 Å². The zero-order valence-electron chi connectivity index (χ0n) is 16.7. The Labute approximate surface area is 179 Å². The second-order valence-electron chi connectivity index (χ2n) is 7.32. The Bertz CT molecular complexity index is 1050. The Balaban J connectivity index is 1.79. The lowest BCUT2D eigenvalue weighted by atomic mass is 10.0.